The van der Waals surface area contributed by atoms with Crippen LogP contribution >= 0.6 is 0 Å². The monoisotopic (exact) mass is 1000 g/mol. The highest BCUT2D eigenvalue weighted by Crippen LogP contribution is 2.18. The molecule has 0 aliphatic carbocycles. The van der Waals surface area contributed by atoms with Gasteiger partial charge in [-0.1, -0.05) is 308 Å². The second-order valence-electron chi connectivity index (χ2n) is 22.1. The van der Waals surface area contributed by atoms with E-state index in [0.29, 0.717) is 19.4 Å². The zero-order valence-corrected chi connectivity index (χ0v) is 48.0. The van der Waals surface area contributed by atoms with Crippen molar-refractivity contribution in [3.05, 3.63) is 24.3 Å². The average molecular weight is 1000 g/mol. The summed E-state index contributed by atoms with van der Waals surface area (Å²) in [5.74, 6) is -0.0654. The second kappa shape index (κ2) is 60.9. The Kier molecular flexibility index (Phi) is 59.5. The lowest BCUT2D eigenvalue weighted by molar-refractivity contribution is -0.143. The van der Waals surface area contributed by atoms with Crippen LogP contribution in [0.5, 0.6) is 0 Å². The second-order valence-corrected chi connectivity index (χ2v) is 22.1. The molecule has 0 heterocycles. The third-order valence-electron chi connectivity index (χ3n) is 15.0. The van der Waals surface area contributed by atoms with Crippen LogP contribution in [0.1, 0.15) is 354 Å². The molecular formula is C65H125NO5. The number of hydrogen-bond acceptors (Lipinski definition) is 5. The molecule has 0 spiro atoms. The summed E-state index contributed by atoms with van der Waals surface area (Å²) < 4.78 is 5.47. The van der Waals surface area contributed by atoms with Crippen molar-refractivity contribution in [2.24, 2.45) is 0 Å². The van der Waals surface area contributed by atoms with Crippen molar-refractivity contribution >= 4 is 11.9 Å². The number of aliphatic hydroxyl groups is 2. The van der Waals surface area contributed by atoms with Gasteiger partial charge in [0.15, 0.2) is 0 Å². The lowest BCUT2D eigenvalue weighted by Gasteiger charge is -2.20. The first-order valence-electron chi connectivity index (χ1n) is 32.1. The summed E-state index contributed by atoms with van der Waals surface area (Å²) in [5, 5.41) is 23.2. The first-order chi connectivity index (χ1) is 35.0. The van der Waals surface area contributed by atoms with E-state index < -0.39 is 12.1 Å². The molecule has 0 aromatic rings. The molecule has 0 aromatic carbocycles. The van der Waals surface area contributed by atoms with Gasteiger partial charge in [-0.3, -0.25) is 9.59 Å². The Labute approximate surface area is 443 Å². The fourth-order valence-electron chi connectivity index (χ4n) is 10.0. The van der Waals surface area contributed by atoms with Crippen LogP contribution in [0.2, 0.25) is 0 Å². The summed E-state index contributed by atoms with van der Waals surface area (Å²) in [6, 6.07) is -0.630. The van der Waals surface area contributed by atoms with Crippen LogP contribution in [0.4, 0.5) is 0 Å². The topological polar surface area (TPSA) is 95.9 Å². The van der Waals surface area contributed by atoms with Crippen LogP contribution in [-0.4, -0.2) is 47.4 Å². The van der Waals surface area contributed by atoms with Gasteiger partial charge in [-0.05, 0) is 57.8 Å². The van der Waals surface area contributed by atoms with E-state index >= 15 is 0 Å². The molecule has 0 fully saturated rings. The van der Waals surface area contributed by atoms with Gasteiger partial charge in [-0.2, -0.15) is 0 Å². The molecule has 2 atom stereocenters. The molecule has 1 amide bonds. The van der Waals surface area contributed by atoms with E-state index in [1.165, 1.54) is 283 Å². The van der Waals surface area contributed by atoms with Gasteiger partial charge in [0, 0.05) is 12.8 Å². The molecule has 0 saturated carbocycles. The van der Waals surface area contributed by atoms with Crippen molar-refractivity contribution in [3.63, 3.8) is 0 Å². The summed E-state index contributed by atoms with van der Waals surface area (Å²) in [7, 11) is 0. The van der Waals surface area contributed by atoms with Gasteiger partial charge in [0.25, 0.3) is 0 Å². The quantitative estimate of drug-likeness (QED) is 0.0320. The van der Waals surface area contributed by atoms with Gasteiger partial charge in [-0.15, -0.1) is 0 Å². The minimum absolute atomic E-state index is 0.00122. The Morgan fingerprint density at radius 3 is 1.01 bits per heavy atom. The van der Waals surface area contributed by atoms with Crippen LogP contribution in [-0.2, 0) is 14.3 Å². The standard InChI is InChI=1S/C65H125NO5/c1-3-5-7-9-11-13-15-17-18-19-20-21-24-27-30-34-37-41-45-49-53-57-63(68)62(61-67)66-64(69)58-54-50-46-42-38-35-31-28-25-22-23-26-29-32-36-40-44-48-52-56-60-71-65(70)59-55-51-47-43-39-33-16-14-12-10-8-6-4-2/h14,16,53,57,62-63,67-68H,3-13,15,17-52,54-56,58-61H2,1-2H3,(H,66,69)/b16-14-,57-53+. The molecule has 6 nitrogen and oxygen atoms in total. The summed E-state index contributed by atoms with van der Waals surface area (Å²) in [6.45, 7) is 4.91. The number of rotatable bonds is 60. The number of ether oxygens (including phenoxy) is 1. The molecule has 2 unspecified atom stereocenters. The largest absolute Gasteiger partial charge is 0.466 e. The van der Waals surface area contributed by atoms with Crippen LogP contribution in [0.15, 0.2) is 24.3 Å². The average Bonchev–Trinajstić information content (AvgIpc) is 3.37. The maximum atomic E-state index is 12.5. The number of amides is 1. The third kappa shape index (κ3) is 57.5. The van der Waals surface area contributed by atoms with E-state index in [9.17, 15) is 19.8 Å². The summed E-state index contributed by atoms with van der Waals surface area (Å²) in [5.41, 5.74) is 0. The predicted octanol–water partition coefficient (Wildman–Crippen LogP) is 20.2. The van der Waals surface area contributed by atoms with Crippen LogP contribution < -0.4 is 5.32 Å². The lowest BCUT2D eigenvalue weighted by atomic mass is 10.0. The highest BCUT2D eigenvalue weighted by Gasteiger charge is 2.18. The molecule has 0 rings (SSSR count). The smallest absolute Gasteiger partial charge is 0.305 e. The van der Waals surface area contributed by atoms with E-state index in [-0.39, 0.29) is 18.5 Å². The lowest BCUT2D eigenvalue weighted by Crippen LogP contribution is -2.45. The highest BCUT2D eigenvalue weighted by molar-refractivity contribution is 5.76. The van der Waals surface area contributed by atoms with Crippen LogP contribution in [0.3, 0.4) is 0 Å². The predicted molar refractivity (Wildman–Crippen MR) is 310 cm³/mol. The van der Waals surface area contributed by atoms with Crippen LogP contribution in [0, 0.1) is 0 Å². The summed E-state index contributed by atoms with van der Waals surface area (Å²) in [4.78, 5) is 24.5. The number of unbranched alkanes of at least 4 members (excludes halogenated alkanes) is 47. The first kappa shape index (κ1) is 69.3. The summed E-state index contributed by atoms with van der Waals surface area (Å²) in [6.07, 6.45) is 75.1. The maximum absolute atomic E-state index is 12.5. The molecule has 0 aromatic heterocycles. The van der Waals surface area contributed by atoms with E-state index in [4.69, 9.17) is 4.74 Å². The minimum atomic E-state index is -0.847. The fraction of sp³-hybridized carbons (Fsp3) is 0.908. The zero-order valence-electron chi connectivity index (χ0n) is 48.0. The van der Waals surface area contributed by atoms with E-state index in [0.717, 1.165) is 44.9 Å². The minimum Gasteiger partial charge on any atom is -0.466 e. The van der Waals surface area contributed by atoms with E-state index in [1.807, 2.05) is 6.08 Å². The summed E-state index contributed by atoms with van der Waals surface area (Å²) >= 11 is 0. The molecule has 0 saturated heterocycles. The van der Waals surface area contributed by atoms with Gasteiger partial charge in [0.05, 0.1) is 25.4 Å². The molecule has 0 bridgehead atoms. The van der Waals surface area contributed by atoms with Crippen molar-refractivity contribution in [3.8, 4) is 0 Å². The first-order valence-corrected chi connectivity index (χ1v) is 32.1. The molecule has 0 radical (unpaired) electrons. The molecule has 0 aliphatic heterocycles. The Hall–Kier alpha value is -1.66. The fourth-order valence-corrected chi connectivity index (χ4v) is 10.0. The number of aliphatic hydroxyl groups excluding tert-OH is 2. The van der Waals surface area contributed by atoms with Crippen molar-refractivity contribution < 1.29 is 24.5 Å². The molecule has 71 heavy (non-hydrogen) atoms. The van der Waals surface area contributed by atoms with Gasteiger partial charge < -0.3 is 20.3 Å². The number of hydrogen-bond donors (Lipinski definition) is 3. The highest BCUT2D eigenvalue weighted by atomic mass is 16.5. The number of carbonyl (C=O) groups is 2. The van der Waals surface area contributed by atoms with E-state index in [2.05, 4.69) is 31.3 Å². The molecule has 420 valence electrons. The maximum Gasteiger partial charge on any atom is 0.305 e. The Balaban J connectivity index is 3.43. The van der Waals surface area contributed by atoms with Crippen molar-refractivity contribution in [1.29, 1.82) is 0 Å². The van der Waals surface area contributed by atoms with Gasteiger partial charge in [-0.25, -0.2) is 0 Å². The van der Waals surface area contributed by atoms with Crippen molar-refractivity contribution in [2.45, 2.75) is 366 Å². The Morgan fingerprint density at radius 2 is 0.662 bits per heavy atom. The Bertz CT molecular complexity index is 1110. The number of esters is 1. The zero-order chi connectivity index (χ0) is 51.4. The molecular weight excluding hydrogens is 875 g/mol. The van der Waals surface area contributed by atoms with Gasteiger partial charge >= 0.3 is 5.97 Å². The van der Waals surface area contributed by atoms with Gasteiger partial charge in [0.1, 0.15) is 0 Å². The molecule has 0 aliphatic rings. The molecule has 3 N–H and O–H groups in total. The van der Waals surface area contributed by atoms with Crippen LogP contribution in [0.25, 0.3) is 0 Å². The number of nitrogens with one attached hydrogen (secondary N) is 1. The SMILES string of the molecule is CCCCCC/C=C\CCCCCCCC(=O)OCCCCCCCCCCCCCCCCCCCCCCC(=O)NC(CO)C(O)/C=C/CCCCCCCCCCCCCCCCCCCCC. The van der Waals surface area contributed by atoms with Gasteiger partial charge in [0.2, 0.25) is 5.91 Å². The normalized spacial score (nSPS) is 12.7. The van der Waals surface area contributed by atoms with E-state index in [1.54, 1.807) is 6.08 Å². The number of carbonyl (C=O) groups excluding carboxylic acids is 2. The molecule has 6 heteroatoms. The Morgan fingerprint density at radius 1 is 0.380 bits per heavy atom. The third-order valence-corrected chi connectivity index (χ3v) is 15.0. The number of allylic oxidation sites excluding steroid dienone is 3. The van der Waals surface area contributed by atoms with Crippen molar-refractivity contribution in [1.82, 2.24) is 5.32 Å². The van der Waals surface area contributed by atoms with Crippen molar-refractivity contribution in [2.75, 3.05) is 13.2 Å².